The summed E-state index contributed by atoms with van der Waals surface area (Å²) in [6.07, 6.45) is 12.4. The van der Waals surface area contributed by atoms with Crippen molar-refractivity contribution in [1.29, 1.82) is 0 Å². The number of methoxy groups -OCH3 is 1. The maximum Gasteiger partial charge on any atom is 0.305 e. The predicted molar refractivity (Wildman–Crippen MR) is 112 cm³/mol. The maximum atomic E-state index is 11.6. The van der Waals surface area contributed by atoms with Crippen molar-refractivity contribution >= 4 is 5.97 Å². The third kappa shape index (κ3) is 3.16. The molecule has 28 heavy (non-hydrogen) atoms. The minimum absolute atomic E-state index is 0.0624. The second-order valence-electron chi connectivity index (χ2n) is 10.9. The van der Waals surface area contributed by atoms with Gasteiger partial charge in [0, 0.05) is 6.42 Å². The zero-order valence-electron chi connectivity index (χ0n) is 18.4. The van der Waals surface area contributed by atoms with Gasteiger partial charge in [-0.25, -0.2) is 0 Å². The molecule has 0 unspecified atom stereocenters. The number of allylic oxidation sites excluding steroid dienone is 2. The van der Waals surface area contributed by atoms with Crippen LogP contribution in [0.4, 0.5) is 0 Å². The first-order valence-corrected chi connectivity index (χ1v) is 11.8. The molecule has 0 radical (unpaired) electrons. The normalized spacial score (nSPS) is 43.8. The first-order valence-electron chi connectivity index (χ1n) is 11.8. The summed E-state index contributed by atoms with van der Waals surface area (Å²) >= 11 is 0. The molecule has 1 N–H and O–H groups in total. The lowest BCUT2D eigenvalue weighted by molar-refractivity contribution is -0.141. The van der Waals surface area contributed by atoms with E-state index in [0.717, 1.165) is 25.2 Å². The van der Waals surface area contributed by atoms with Crippen molar-refractivity contribution in [2.45, 2.75) is 97.5 Å². The van der Waals surface area contributed by atoms with E-state index in [-0.39, 0.29) is 12.1 Å². The molecule has 4 aliphatic carbocycles. The van der Waals surface area contributed by atoms with Gasteiger partial charge in [0.25, 0.3) is 0 Å². The van der Waals surface area contributed by atoms with Crippen LogP contribution in [0.2, 0.25) is 0 Å². The summed E-state index contributed by atoms with van der Waals surface area (Å²) in [6.45, 7) is 7.44. The fourth-order valence-electron chi connectivity index (χ4n) is 8.07. The van der Waals surface area contributed by atoms with E-state index in [1.54, 1.807) is 0 Å². The Kier molecular flexibility index (Phi) is 5.44. The van der Waals surface area contributed by atoms with E-state index in [0.29, 0.717) is 35.0 Å². The fraction of sp³-hybridized carbons (Fsp3) is 0.880. The van der Waals surface area contributed by atoms with Crippen LogP contribution in [0.1, 0.15) is 91.4 Å². The minimum Gasteiger partial charge on any atom is -0.469 e. The largest absolute Gasteiger partial charge is 0.469 e. The lowest BCUT2D eigenvalue weighted by Crippen LogP contribution is -2.48. The van der Waals surface area contributed by atoms with Gasteiger partial charge in [-0.3, -0.25) is 4.79 Å². The van der Waals surface area contributed by atoms with E-state index >= 15 is 0 Å². The molecule has 3 fully saturated rings. The fourth-order valence-corrected chi connectivity index (χ4v) is 8.07. The van der Waals surface area contributed by atoms with Gasteiger partial charge in [-0.2, -0.15) is 0 Å². The van der Waals surface area contributed by atoms with Crippen molar-refractivity contribution in [2.75, 3.05) is 7.11 Å². The third-order valence-corrected chi connectivity index (χ3v) is 9.76. The molecule has 0 aromatic rings. The predicted octanol–water partition coefficient (Wildman–Crippen LogP) is 5.66. The summed E-state index contributed by atoms with van der Waals surface area (Å²) in [5.41, 5.74) is 4.39. The minimum atomic E-state index is -0.0666. The Bertz CT molecular complexity index is 652. The van der Waals surface area contributed by atoms with Crippen LogP contribution in [0.25, 0.3) is 0 Å². The number of carbonyl (C=O) groups is 1. The highest BCUT2D eigenvalue weighted by Gasteiger charge is 2.55. The summed E-state index contributed by atoms with van der Waals surface area (Å²) in [5.74, 6) is 2.69. The summed E-state index contributed by atoms with van der Waals surface area (Å²) < 4.78 is 4.87. The molecule has 3 nitrogen and oxygen atoms in total. The van der Waals surface area contributed by atoms with Crippen molar-refractivity contribution in [2.24, 2.45) is 34.5 Å². The van der Waals surface area contributed by atoms with Gasteiger partial charge in [0.2, 0.25) is 0 Å². The summed E-state index contributed by atoms with van der Waals surface area (Å²) in [4.78, 5) is 11.6. The molecule has 158 valence electrons. The second-order valence-corrected chi connectivity index (χ2v) is 10.9. The molecular weight excluding hydrogens is 348 g/mol. The highest BCUT2D eigenvalue weighted by molar-refractivity contribution is 5.69. The molecule has 3 heteroatoms. The number of aliphatic hydroxyl groups is 1. The van der Waals surface area contributed by atoms with Gasteiger partial charge in [0.05, 0.1) is 13.2 Å². The highest BCUT2D eigenvalue weighted by atomic mass is 16.5. The van der Waals surface area contributed by atoms with E-state index in [2.05, 4.69) is 20.8 Å². The summed E-state index contributed by atoms with van der Waals surface area (Å²) in [7, 11) is 1.49. The number of hydrogen-bond donors (Lipinski definition) is 1. The number of esters is 1. The first-order chi connectivity index (χ1) is 13.3. The van der Waals surface area contributed by atoms with Crippen LogP contribution in [0.3, 0.4) is 0 Å². The molecule has 7 atom stereocenters. The molecule has 0 heterocycles. The first kappa shape index (κ1) is 20.4. The molecule has 3 saturated carbocycles. The SMILES string of the molecule is COC(=O)CC[C@@H](C)[C@H]1CCC2=C3CC[C@@H]4C[C@H](O)CC[C@]4(C)[C@H]3CC[C@@]21C. The number of aliphatic hydroxyl groups excluding tert-OH is 1. The molecular formula is C25H40O3. The smallest absolute Gasteiger partial charge is 0.305 e. The zero-order chi connectivity index (χ0) is 20.1. The van der Waals surface area contributed by atoms with Gasteiger partial charge in [-0.05, 0) is 98.7 Å². The molecule has 0 aromatic carbocycles. The van der Waals surface area contributed by atoms with E-state index in [1.807, 2.05) is 11.1 Å². The second kappa shape index (κ2) is 7.45. The monoisotopic (exact) mass is 388 g/mol. The molecule has 4 aliphatic rings. The molecule has 0 bridgehead atoms. The van der Waals surface area contributed by atoms with Crippen LogP contribution < -0.4 is 0 Å². The Morgan fingerprint density at radius 2 is 1.96 bits per heavy atom. The molecule has 0 spiro atoms. The van der Waals surface area contributed by atoms with Crippen LogP contribution >= 0.6 is 0 Å². The van der Waals surface area contributed by atoms with Gasteiger partial charge in [-0.1, -0.05) is 31.9 Å². The molecule has 0 aromatic heterocycles. The number of fused-ring (bicyclic) bond motifs is 4. The van der Waals surface area contributed by atoms with E-state index < -0.39 is 0 Å². The van der Waals surface area contributed by atoms with Crippen molar-refractivity contribution in [3.63, 3.8) is 0 Å². The average Bonchev–Trinajstić information content (AvgIpc) is 3.03. The Labute approximate surface area is 171 Å². The van der Waals surface area contributed by atoms with Crippen molar-refractivity contribution in [3.8, 4) is 0 Å². The lowest BCUT2D eigenvalue weighted by atomic mass is 9.49. The number of carbonyl (C=O) groups excluding carboxylic acids is 1. The quantitative estimate of drug-likeness (QED) is 0.499. The van der Waals surface area contributed by atoms with Crippen LogP contribution in [0.5, 0.6) is 0 Å². The van der Waals surface area contributed by atoms with Crippen molar-refractivity contribution in [3.05, 3.63) is 11.1 Å². The van der Waals surface area contributed by atoms with E-state index in [9.17, 15) is 9.90 Å². The summed E-state index contributed by atoms with van der Waals surface area (Å²) in [5, 5.41) is 10.2. The summed E-state index contributed by atoms with van der Waals surface area (Å²) in [6, 6.07) is 0. The van der Waals surface area contributed by atoms with Gasteiger partial charge < -0.3 is 9.84 Å². The third-order valence-electron chi connectivity index (χ3n) is 9.76. The average molecular weight is 389 g/mol. The van der Waals surface area contributed by atoms with E-state index in [1.165, 1.54) is 52.1 Å². The molecule has 0 saturated heterocycles. The Morgan fingerprint density at radius 1 is 1.18 bits per heavy atom. The Morgan fingerprint density at radius 3 is 2.71 bits per heavy atom. The van der Waals surface area contributed by atoms with Gasteiger partial charge in [0.15, 0.2) is 0 Å². The van der Waals surface area contributed by atoms with Gasteiger partial charge in [-0.15, -0.1) is 0 Å². The van der Waals surface area contributed by atoms with Crippen LogP contribution in [-0.4, -0.2) is 24.3 Å². The molecule has 0 amide bonds. The van der Waals surface area contributed by atoms with Crippen molar-refractivity contribution < 1.29 is 14.6 Å². The number of ether oxygens (including phenoxy) is 1. The van der Waals surface area contributed by atoms with Gasteiger partial charge >= 0.3 is 5.97 Å². The molecule has 0 aliphatic heterocycles. The Balaban J connectivity index is 1.56. The van der Waals surface area contributed by atoms with Crippen molar-refractivity contribution in [1.82, 2.24) is 0 Å². The topological polar surface area (TPSA) is 46.5 Å². The zero-order valence-corrected chi connectivity index (χ0v) is 18.4. The van der Waals surface area contributed by atoms with Crippen LogP contribution in [0.15, 0.2) is 11.1 Å². The van der Waals surface area contributed by atoms with Crippen LogP contribution in [0, 0.1) is 34.5 Å². The van der Waals surface area contributed by atoms with Crippen LogP contribution in [-0.2, 0) is 9.53 Å². The maximum absolute atomic E-state index is 11.6. The standard InChI is InChI=1S/C25H40O3/c1-16(5-10-23(27)28-4)20-8-9-21-19-7-6-17-15-18(26)11-13-24(17,2)22(19)12-14-25(20,21)3/h16-18,20,22,26H,5-15H2,1-4H3/t16-,17-,18-,20-,22+,24+,25-/m1/s1. The number of rotatable bonds is 4. The molecule has 4 rings (SSSR count). The number of hydrogen-bond acceptors (Lipinski definition) is 3. The Hall–Kier alpha value is -0.830. The highest BCUT2D eigenvalue weighted by Crippen LogP contribution is 2.65. The van der Waals surface area contributed by atoms with Gasteiger partial charge in [0.1, 0.15) is 0 Å². The lowest BCUT2D eigenvalue weighted by Gasteiger charge is -2.56. The van der Waals surface area contributed by atoms with E-state index in [4.69, 9.17) is 4.74 Å².